The largest absolute Gasteiger partial charge is 0.494 e. The molecule has 0 unspecified atom stereocenters. The van der Waals surface area contributed by atoms with Crippen LogP contribution in [0.2, 0.25) is 5.02 Å². The summed E-state index contributed by atoms with van der Waals surface area (Å²) in [5, 5.41) is 11.9. The van der Waals surface area contributed by atoms with E-state index in [0.717, 1.165) is 4.70 Å². The van der Waals surface area contributed by atoms with Crippen LogP contribution in [0.5, 0.6) is 5.75 Å². The molecule has 0 bridgehead atoms. The number of hydrogen-bond donors (Lipinski definition) is 0. The van der Waals surface area contributed by atoms with E-state index in [1.165, 1.54) is 29.5 Å². The predicted molar refractivity (Wildman–Crippen MR) is 124 cm³/mol. The minimum absolute atomic E-state index is 0.00334. The van der Waals surface area contributed by atoms with Crippen molar-refractivity contribution in [3.05, 3.63) is 63.2 Å². The summed E-state index contributed by atoms with van der Waals surface area (Å²) in [5.74, 6) is 0.331. The smallest absolute Gasteiger partial charge is 0.269 e. The number of carbonyl (C=O) groups excluding carboxylic acids is 1. The molecule has 162 valence electrons. The van der Waals surface area contributed by atoms with E-state index >= 15 is 0 Å². The van der Waals surface area contributed by atoms with Crippen molar-refractivity contribution < 1.29 is 14.5 Å². The third-order valence-corrected chi connectivity index (χ3v) is 6.00. The summed E-state index contributed by atoms with van der Waals surface area (Å²) < 4.78 is 6.13. The van der Waals surface area contributed by atoms with Crippen LogP contribution < -0.4 is 9.64 Å². The third kappa shape index (κ3) is 5.38. The fourth-order valence-corrected chi connectivity index (χ4v) is 4.07. The second-order valence-electron chi connectivity index (χ2n) is 6.90. The van der Waals surface area contributed by atoms with E-state index in [0.29, 0.717) is 40.1 Å². The van der Waals surface area contributed by atoms with Crippen molar-refractivity contribution >= 4 is 56.0 Å². The molecule has 3 aromatic rings. The van der Waals surface area contributed by atoms with Gasteiger partial charge in [-0.3, -0.25) is 19.8 Å². The number of hydrogen-bond acceptors (Lipinski definition) is 7. The molecule has 0 aliphatic heterocycles. The summed E-state index contributed by atoms with van der Waals surface area (Å²) in [6.45, 7) is 1.06. The Balaban J connectivity index is 1.91. The summed E-state index contributed by atoms with van der Waals surface area (Å²) in [6, 6.07) is 9.47. The highest BCUT2D eigenvalue weighted by Crippen LogP contribution is 2.38. The van der Waals surface area contributed by atoms with Gasteiger partial charge in [0.1, 0.15) is 11.3 Å². The molecule has 0 saturated heterocycles. The number of fused-ring (bicyclic) bond motifs is 1. The Bertz CT molecular complexity index is 1130. The third-order valence-electron chi connectivity index (χ3n) is 4.46. The Labute approximate surface area is 188 Å². The van der Waals surface area contributed by atoms with Gasteiger partial charge in [-0.05, 0) is 50.0 Å². The van der Waals surface area contributed by atoms with Crippen LogP contribution >= 0.6 is 22.9 Å². The number of thiazole rings is 1. The lowest BCUT2D eigenvalue weighted by atomic mass is 10.2. The average molecular weight is 461 g/mol. The van der Waals surface area contributed by atoms with Gasteiger partial charge in [-0.2, -0.15) is 0 Å². The first kappa shape index (κ1) is 22.7. The molecule has 31 heavy (non-hydrogen) atoms. The van der Waals surface area contributed by atoms with E-state index < -0.39 is 4.92 Å². The van der Waals surface area contributed by atoms with Gasteiger partial charge < -0.3 is 9.64 Å². The van der Waals surface area contributed by atoms with Crippen molar-refractivity contribution in [1.29, 1.82) is 0 Å². The molecule has 0 spiro atoms. The number of ether oxygens (including phenoxy) is 1. The predicted octanol–water partition coefficient (Wildman–Crippen LogP) is 4.47. The van der Waals surface area contributed by atoms with Crippen LogP contribution in [0.25, 0.3) is 16.3 Å². The number of aromatic nitrogens is 1. The van der Waals surface area contributed by atoms with E-state index in [1.807, 2.05) is 19.0 Å². The molecular formula is C21H21ClN4O4S. The molecule has 10 heteroatoms. The number of rotatable bonds is 8. The van der Waals surface area contributed by atoms with Gasteiger partial charge in [-0.1, -0.05) is 22.9 Å². The Kier molecular flexibility index (Phi) is 7.21. The van der Waals surface area contributed by atoms with Crippen LogP contribution in [0.4, 0.5) is 10.8 Å². The van der Waals surface area contributed by atoms with E-state index in [2.05, 4.69) is 4.98 Å². The van der Waals surface area contributed by atoms with Crippen molar-refractivity contribution in [3.8, 4) is 5.75 Å². The van der Waals surface area contributed by atoms with Gasteiger partial charge in [0.2, 0.25) is 0 Å². The normalized spacial score (nSPS) is 11.4. The number of nitrogens with zero attached hydrogens (tertiary/aromatic N) is 4. The number of benzene rings is 2. The zero-order valence-electron chi connectivity index (χ0n) is 17.2. The van der Waals surface area contributed by atoms with E-state index in [9.17, 15) is 14.9 Å². The molecule has 1 heterocycles. The molecule has 3 rings (SSSR count). The highest BCUT2D eigenvalue weighted by molar-refractivity contribution is 7.23. The van der Waals surface area contributed by atoms with Crippen molar-refractivity contribution in [3.63, 3.8) is 0 Å². The molecule has 1 amide bonds. The monoisotopic (exact) mass is 460 g/mol. The molecule has 0 fully saturated rings. The van der Waals surface area contributed by atoms with Crippen molar-refractivity contribution in [2.75, 3.05) is 39.2 Å². The highest BCUT2D eigenvalue weighted by Gasteiger charge is 2.20. The summed E-state index contributed by atoms with van der Waals surface area (Å²) in [4.78, 5) is 31.5. The van der Waals surface area contributed by atoms with Gasteiger partial charge >= 0.3 is 0 Å². The standard InChI is InChI=1S/C21H21ClN4O4S/c1-24(2)12-13-25(18(27)11-6-14-4-7-15(8-5-14)26(28)29)21-23-19-17(30-3)10-9-16(22)20(19)31-21/h4-11H,12-13H2,1-3H3/b11-6+. The summed E-state index contributed by atoms with van der Waals surface area (Å²) >= 11 is 7.65. The zero-order valence-corrected chi connectivity index (χ0v) is 18.8. The molecule has 0 N–H and O–H groups in total. The number of non-ortho nitro benzene ring substituents is 1. The Morgan fingerprint density at radius 3 is 2.55 bits per heavy atom. The number of anilines is 1. The zero-order chi connectivity index (χ0) is 22.5. The van der Waals surface area contributed by atoms with Gasteiger partial charge in [-0.15, -0.1) is 0 Å². The van der Waals surface area contributed by atoms with Crippen LogP contribution in [-0.2, 0) is 4.79 Å². The number of halogens is 1. The maximum Gasteiger partial charge on any atom is 0.269 e. The molecular weight excluding hydrogens is 440 g/mol. The minimum Gasteiger partial charge on any atom is -0.494 e. The highest BCUT2D eigenvalue weighted by atomic mass is 35.5. The maximum atomic E-state index is 13.0. The Hall–Kier alpha value is -3.01. The molecule has 0 aliphatic carbocycles. The number of carbonyl (C=O) groups is 1. The first-order valence-electron chi connectivity index (χ1n) is 9.32. The van der Waals surface area contributed by atoms with Crippen LogP contribution in [0.15, 0.2) is 42.5 Å². The summed E-state index contributed by atoms with van der Waals surface area (Å²) in [6.07, 6.45) is 3.05. The number of likely N-dealkylation sites (N-methyl/N-ethyl adjacent to an activating group) is 1. The maximum absolute atomic E-state index is 13.0. The molecule has 0 radical (unpaired) electrons. The minimum atomic E-state index is -0.464. The first-order chi connectivity index (χ1) is 14.8. The second-order valence-corrected chi connectivity index (χ2v) is 8.28. The number of methoxy groups -OCH3 is 1. The van der Waals surface area contributed by atoms with Gasteiger partial charge in [0, 0.05) is 31.3 Å². The lowest BCUT2D eigenvalue weighted by molar-refractivity contribution is -0.384. The number of nitro benzene ring substituents is 1. The number of amides is 1. The molecule has 2 aromatic carbocycles. The quantitative estimate of drug-likeness (QED) is 0.280. The lowest BCUT2D eigenvalue weighted by Crippen LogP contribution is -2.35. The molecule has 1 aromatic heterocycles. The summed E-state index contributed by atoms with van der Waals surface area (Å²) in [5.41, 5.74) is 1.29. The average Bonchev–Trinajstić information content (AvgIpc) is 3.18. The topological polar surface area (TPSA) is 88.8 Å². The van der Waals surface area contributed by atoms with Crippen LogP contribution in [-0.4, -0.2) is 55.0 Å². The molecule has 0 saturated carbocycles. The van der Waals surface area contributed by atoms with Crippen LogP contribution in [0, 0.1) is 10.1 Å². The van der Waals surface area contributed by atoms with Gasteiger partial charge in [0.05, 0.1) is 21.8 Å². The van der Waals surface area contributed by atoms with E-state index in [1.54, 1.807) is 42.4 Å². The van der Waals surface area contributed by atoms with Gasteiger partial charge in [-0.25, -0.2) is 4.98 Å². The van der Waals surface area contributed by atoms with Crippen LogP contribution in [0.1, 0.15) is 5.56 Å². The van der Waals surface area contributed by atoms with Crippen molar-refractivity contribution in [1.82, 2.24) is 9.88 Å². The Morgan fingerprint density at radius 1 is 1.23 bits per heavy atom. The van der Waals surface area contributed by atoms with Crippen LogP contribution in [0.3, 0.4) is 0 Å². The molecule has 0 aliphatic rings. The molecule has 0 atom stereocenters. The molecule has 8 nitrogen and oxygen atoms in total. The Morgan fingerprint density at radius 2 is 1.94 bits per heavy atom. The summed E-state index contributed by atoms with van der Waals surface area (Å²) in [7, 11) is 5.41. The first-order valence-corrected chi connectivity index (χ1v) is 10.5. The van der Waals surface area contributed by atoms with Crippen molar-refractivity contribution in [2.24, 2.45) is 0 Å². The fourth-order valence-electron chi connectivity index (χ4n) is 2.79. The van der Waals surface area contributed by atoms with Crippen molar-refractivity contribution in [2.45, 2.75) is 0 Å². The lowest BCUT2D eigenvalue weighted by Gasteiger charge is -2.20. The van der Waals surface area contributed by atoms with Gasteiger partial charge in [0.25, 0.3) is 11.6 Å². The van der Waals surface area contributed by atoms with E-state index in [4.69, 9.17) is 16.3 Å². The van der Waals surface area contributed by atoms with Gasteiger partial charge in [0.15, 0.2) is 5.13 Å². The fraction of sp³-hybridized carbons (Fsp3) is 0.238. The second kappa shape index (κ2) is 9.86. The number of nitro groups is 1. The van der Waals surface area contributed by atoms with E-state index in [-0.39, 0.29) is 11.6 Å². The SMILES string of the molecule is COc1ccc(Cl)c2sc(N(CCN(C)C)C(=O)/C=C/c3ccc([N+](=O)[O-])cc3)nc12.